The van der Waals surface area contributed by atoms with Crippen LogP contribution in [0.15, 0.2) is 18.2 Å². The summed E-state index contributed by atoms with van der Waals surface area (Å²) in [7, 11) is 1.81. The summed E-state index contributed by atoms with van der Waals surface area (Å²) in [4.78, 5) is 13.7. The van der Waals surface area contributed by atoms with Crippen LogP contribution in [0.3, 0.4) is 0 Å². The predicted octanol–water partition coefficient (Wildman–Crippen LogP) is 2.35. The van der Waals surface area contributed by atoms with Crippen molar-refractivity contribution < 1.29 is 4.79 Å². The lowest BCUT2D eigenvalue weighted by Crippen LogP contribution is -2.28. The molecule has 1 amide bonds. The molecule has 1 aromatic carbocycles. The predicted molar refractivity (Wildman–Crippen MR) is 55.8 cm³/mol. The number of carbonyl (C=O) groups is 1. The molecule has 1 aromatic rings. The van der Waals surface area contributed by atoms with E-state index in [0.29, 0.717) is 5.02 Å². The Balaban J connectivity index is 2.31. The lowest BCUT2D eigenvalue weighted by molar-refractivity contribution is -0.119. The van der Waals surface area contributed by atoms with Crippen molar-refractivity contribution in [3.05, 3.63) is 28.8 Å². The molecule has 72 valence electrons. The Morgan fingerprint density at radius 1 is 1.43 bits per heavy atom. The lowest BCUT2D eigenvalue weighted by Gasteiger charge is -2.11. The number of hydrogen-bond donors (Lipinski definition) is 0. The van der Waals surface area contributed by atoms with Gasteiger partial charge >= 0.3 is 0 Å². The number of fused-ring (bicyclic) bond motifs is 2. The minimum atomic E-state index is -0.199. The van der Waals surface area contributed by atoms with E-state index in [4.69, 9.17) is 11.6 Å². The summed E-state index contributed by atoms with van der Waals surface area (Å²) < 4.78 is 0. The van der Waals surface area contributed by atoms with E-state index in [-0.39, 0.29) is 11.3 Å². The largest absolute Gasteiger partial charge is 0.313 e. The van der Waals surface area contributed by atoms with Gasteiger partial charge in [0.1, 0.15) is 0 Å². The number of amides is 1. The van der Waals surface area contributed by atoms with Gasteiger partial charge in [0.25, 0.3) is 0 Å². The zero-order valence-electron chi connectivity index (χ0n) is 7.88. The van der Waals surface area contributed by atoms with E-state index in [2.05, 4.69) is 0 Å². The van der Waals surface area contributed by atoms with Crippen LogP contribution in [0, 0.1) is 0 Å². The Kier molecular flexibility index (Phi) is 1.37. The molecule has 0 radical (unpaired) electrons. The fourth-order valence-corrected chi connectivity index (χ4v) is 2.69. The summed E-state index contributed by atoms with van der Waals surface area (Å²) in [5, 5.41) is 0.683. The van der Waals surface area contributed by atoms with Gasteiger partial charge in [-0.2, -0.15) is 0 Å². The highest BCUT2D eigenvalue weighted by molar-refractivity contribution is 6.35. The number of para-hydroxylation sites is 1. The van der Waals surface area contributed by atoms with Gasteiger partial charge in [0.05, 0.1) is 16.1 Å². The van der Waals surface area contributed by atoms with Crippen molar-refractivity contribution in [2.24, 2.45) is 0 Å². The number of anilines is 1. The average Bonchev–Trinajstić information content (AvgIpc) is 2.92. The Hall–Kier alpha value is -1.02. The van der Waals surface area contributed by atoms with E-state index >= 15 is 0 Å². The molecule has 1 spiro atoms. The van der Waals surface area contributed by atoms with Crippen LogP contribution in [0.2, 0.25) is 5.02 Å². The second-order valence-electron chi connectivity index (χ2n) is 4.08. The summed E-state index contributed by atoms with van der Waals surface area (Å²) in [6.07, 6.45) is 1.95. The van der Waals surface area contributed by atoms with Gasteiger partial charge in [-0.15, -0.1) is 0 Å². The highest BCUT2D eigenvalue weighted by Crippen LogP contribution is 2.58. The Morgan fingerprint density at radius 3 is 2.79 bits per heavy atom. The van der Waals surface area contributed by atoms with Crippen LogP contribution in [0.1, 0.15) is 18.4 Å². The summed E-state index contributed by atoms with van der Waals surface area (Å²) in [6.45, 7) is 0. The van der Waals surface area contributed by atoms with Gasteiger partial charge < -0.3 is 4.90 Å². The molecule has 1 aliphatic heterocycles. The van der Waals surface area contributed by atoms with Gasteiger partial charge in [0.2, 0.25) is 5.91 Å². The van der Waals surface area contributed by atoms with E-state index in [0.717, 1.165) is 24.1 Å². The van der Waals surface area contributed by atoms with Gasteiger partial charge in [-0.3, -0.25) is 4.79 Å². The lowest BCUT2D eigenvalue weighted by atomic mass is 9.98. The molecule has 0 bridgehead atoms. The summed E-state index contributed by atoms with van der Waals surface area (Å²) >= 11 is 6.09. The van der Waals surface area contributed by atoms with Crippen molar-refractivity contribution in [2.45, 2.75) is 18.3 Å². The smallest absolute Gasteiger partial charge is 0.237 e. The normalized spacial score (nSPS) is 21.6. The highest BCUT2D eigenvalue weighted by atomic mass is 35.5. The topological polar surface area (TPSA) is 20.3 Å². The zero-order chi connectivity index (χ0) is 9.92. The van der Waals surface area contributed by atoms with Gasteiger partial charge in [-0.1, -0.05) is 23.7 Å². The number of likely N-dealkylation sites (N-methyl/N-ethyl adjacent to an activating group) is 1. The molecule has 1 fully saturated rings. The molecule has 14 heavy (non-hydrogen) atoms. The van der Waals surface area contributed by atoms with Crippen LogP contribution < -0.4 is 4.90 Å². The van der Waals surface area contributed by atoms with Crippen LogP contribution >= 0.6 is 11.6 Å². The highest BCUT2D eigenvalue weighted by Gasteiger charge is 2.58. The molecule has 2 aliphatic rings. The summed E-state index contributed by atoms with van der Waals surface area (Å²) in [5.41, 5.74) is 1.84. The first kappa shape index (κ1) is 8.30. The molecule has 1 aliphatic carbocycles. The minimum Gasteiger partial charge on any atom is -0.313 e. The quantitative estimate of drug-likeness (QED) is 0.640. The number of carbonyl (C=O) groups excluding carboxylic acids is 1. The van der Waals surface area contributed by atoms with Crippen molar-refractivity contribution in [1.29, 1.82) is 0 Å². The first-order chi connectivity index (χ1) is 6.67. The van der Waals surface area contributed by atoms with Crippen LogP contribution in [0.4, 0.5) is 5.69 Å². The van der Waals surface area contributed by atoms with Gasteiger partial charge in [-0.25, -0.2) is 0 Å². The van der Waals surface area contributed by atoms with Crippen molar-refractivity contribution in [3.63, 3.8) is 0 Å². The molecule has 3 rings (SSSR count). The molecule has 0 aromatic heterocycles. The fraction of sp³-hybridized carbons (Fsp3) is 0.364. The van der Waals surface area contributed by atoms with E-state index in [1.165, 1.54) is 0 Å². The number of hydrogen-bond acceptors (Lipinski definition) is 1. The molecule has 1 heterocycles. The zero-order valence-corrected chi connectivity index (χ0v) is 8.64. The van der Waals surface area contributed by atoms with Crippen molar-refractivity contribution in [3.8, 4) is 0 Å². The van der Waals surface area contributed by atoms with Crippen LogP contribution in [-0.2, 0) is 10.2 Å². The molecule has 2 nitrogen and oxygen atoms in total. The average molecular weight is 208 g/mol. The number of halogens is 1. The molecule has 0 atom stereocenters. The van der Waals surface area contributed by atoms with Gasteiger partial charge in [0, 0.05) is 7.05 Å². The van der Waals surface area contributed by atoms with E-state index < -0.39 is 0 Å². The monoisotopic (exact) mass is 207 g/mol. The Labute approximate surface area is 87.5 Å². The van der Waals surface area contributed by atoms with E-state index in [9.17, 15) is 4.79 Å². The molecular weight excluding hydrogens is 198 g/mol. The third-order valence-electron chi connectivity index (χ3n) is 3.30. The minimum absolute atomic E-state index is 0.199. The summed E-state index contributed by atoms with van der Waals surface area (Å²) in [6, 6.07) is 5.79. The SMILES string of the molecule is CN1C(=O)C2(CC2)c2cccc(Cl)c21. The number of rotatable bonds is 0. The van der Waals surface area contributed by atoms with Crippen molar-refractivity contribution in [2.75, 3.05) is 11.9 Å². The third kappa shape index (κ3) is 0.758. The van der Waals surface area contributed by atoms with Gasteiger partial charge in [-0.05, 0) is 24.5 Å². The summed E-state index contributed by atoms with van der Waals surface area (Å²) in [5.74, 6) is 0.209. The second kappa shape index (κ2) is 2.31. The fourth-order valence-electron chi connectivity index (χ4n) is 2.39. The van der Waals surface area contributed by atoms with Gasteiger partial charge in [0.15, 0.2) is 0 Å². The van der Waals surface area contributed by atoms with Crippen LogP contribution in [0.25, 0.3) is 0 Å². The number of nitrogens with zero attached hydrogens (tertiary/aromatic N) is 1. The number of benzene rings is 1. The van der Waals surface area contributed by atoms with E-state index in [1.54, 1.807) is 11.9 Å². The molecule has 3 heteroatoms. The van der Waals surface area contributed by atoms with Crippen LogP contribution in [0.5, 0.6) is 0 Å². The first-order valence-electron chi connectivity index (χ1n) is 4.74. The van der Waals surface area contributed by atoms with Crippen LogP contribution in [-0.4, -0.2) is 13.0 Å². The van der Waals surface area contributed by atoms with E-state index in [1.807, 2.05) is 18.2 Å². The molecule has 0 unspecified atom stereocenters. The maximum Gasteiger partial charge on any atom is 0.237 e. The molecule has 1 saturated carbocycles. The maximum atomic E-state index is 12.0. The Morgan fingerprint density at radius 2 is 2.14 bits per heavy atom. The first-order valence-corrected chi connectivity index (χ1v) is 5.12. The standard InChI is InChI=1S/C11H10ClNO/c1-13-9-7(3-2-4-8(9)12)11(5-6-11)10(13)14/h2-4H,5-6H2,1H3. The third-order valence-corrected chi connectivity index (χ3v) is 3.61. The molecular formula is C11H10ClNO. The second-order valence-corrected chi connectivity index (χ2v) is 4.49. The maximum absolute atomic E-state index is 12.0. The Bertz CT molecular complexity index is 437. The molecule has 0 saturated heterocycles. The van der Waals surface area contributed by atoms with Crippen molar-refractivity contribution >= 4 is 23.2 Å². The molecule has 0 N–H and O–H groups in total. The van der Waals surface area contributed by atoms with Crippen molar-refractivity contribution in [1.82, 2.24) is 0 Å².